The highest BCUT2D eigenvalue weighted by Crippen LogP contribution is 2.31. The van der Waals surface area contributed by atoms with Crippen LogP contribution in [-0.4, -0.2) is 9.97 Å². The van der Waals surface area contributed by atoms with Gasteiger partial charge in [-0.25, -0.2) is 9.37 Å². The van der Waals surface area contributed by atoms with Crippen LogP contribution in [0, 0.1) is 5.82 Å². The fourth-order valence-corrected chi connectivity index (χ4v) is 1.28. The molecule has 1 heterocycles. The summed E-state index contributed by atoms with van der Waals surface area (Å²) in [7, 11) is 0. The maximum absolute atomic E-state index is 13.4. The summed E-state index contributed by atoms with van der Waals surface area (Å²) in [6.45, 7) is 0. The van der Waals surface area contributed by atoms with Gasteiger partial charge in [-0.05, 0) is 12.1 Å². The molecule has 0 saturated carbocycles. The van der Waals surface area contributed by atoms with E-state index in [1.807, 2.05) is 0 Å². The molecule has 1 aromatic heterocycles. The van der Waals surface area contributed by atoms with Crippen LogP contribution in [0.1, 0.15) is 0 Å². The molecule has 0 spiro atoms. The first kappa shape index (κ1) is 11.4. The molecule has 0 atom stereocenters. The Labute approximate surface area is 101 Å². The van der Waals surface area contributed by atoms with Crippen LogP contribution in [-0.2, 0) is 0 Å². The van der Waals surface area contributed by atoms with Crippen molar-refractivity contribution in [1.29, 1.82) is 0 Å². The molecule has 0 amide bonds. The van der Waals surface area contributed by atoms with Crippen molar-refractivity contribution < 1.29 is 9.13 Å². The lowest BCUT2D eigenvalue weighted by Crippen LogP contribution is -1.98. The number of ether oxygens (including phenoxy) is 1. The smallest absolute Gasteiger partial charge is 0.243 e. The van der Waals surface area contributed by atoms with Crippen molar-refractivity contribution in [3.8, 4) is 11.6 Å². The minimum Gasteiger partial charge on any atom is -0.434 e. The van der Waals surface area contributed by atoms with E-state index in [9.17, 15) is 4.39 Å². The molecule has 1 aromatic carbocycles. The number of rotatable bonds is 2. The van der Waals surface area contributed by atoms with Gasteiger partial charge < -0.3 is 16.2 Å². The highest BCUT2D eigenvalue weighted by molar-refractivity contribution is 6.34. The van der Waals surface area contributed by atoms with Crippen molar-refractivity contribution in [1.82, 2.24) is 9.97 Å². The Hall–Kier alpha value is -2.08. The zero-order valence-electron chi connectivity index (χ0n) is 8.52. The summed E-state index contributed by atoms with van der Waals surface area (Å²) in [6.07, 6.45) is 1.17. The average molecular weight is 255 g/mol. The Balaban J connectivity index is 2.35. The molecular weight excluding hydrogens is 247 g/mol. The van der Waals surface area contributed by atoms with Gasteiger partial charge in [-0.2, -0.15) is 4.98 Å². The molecule has 0 saturated heterocycles. The topological polar surface area (TPSA) is 87.0 Å². The highest BCUT2D eigenvalue weighted by Gasteiger charge is 2.11. The molecule has 17 heavy (non-hydrogen) atoms. The third-order valence-corrected chi connectivity index (χ3v) is 2.30. The molecule has 0 unspecified atom stereocenters. The summed E-state index contributed by atoms with van der Waals surface area (Å²) in [5.74, 6) is -0.604. The molecule has 88 valence electrons. The van der Waals surface area contributed by atoms with E-state index >= 15 is 0 Å². The number of nitrogens with zero attached hydrogens (tertiary/aromatic N) is 2. The SMILES string of the molecule is Nc1ccc(Oc2ncnc(N)c2Cl)c(F)c1. The molecule has 0 aliphatic carbocycles. The molecule has 2 rings (SSSR count). The first-order valence-corrected chi connectivity index (χ1v) is 4.94. The molecule has 0 aliphatic rings. The fraction of sp³-hybridized carbons (Fsp3) is 0. The fourth-order valence-electron chi connectivity index (χ4n) is 1.14. The number of hydrogen-bond donors (Lipinski definition) is 2. The largest absolute Gasteiger partial charge is 0.434 e. The Morgan fingerprint density at radius 3 is 2.71 bits per heavy atom. The molecule has 0 aliphatic heterocycles. The number of hydrogen-bond acceptors (Lipinski definition) is 5. The van der Waals surface area contributed by atoms with E-state index in [4.69, 9.17) is 27.8 Å². The number of nitrogen functional groups attached to an aromatic ring is 2. The van der Waals surface area contributed by atoms with Crippen molar-refractivity contribution in [2.45, 2.75) is 0 Å². The van der Waals surface area contributed by atoms with Gasteiger partial charge in [-0.3, -0.25) is 0 Å². The van der Waals surface area contributed by atoms with Crippen LogP contribution in [0.15, 0.2) is 24.5 Å². The zero-order chi connectivity index (χ0) is 12.4. The standard InChI is InChI=1S/C10H8ClFN4O/c11-8-9(14)15-4-16-10(8)17-7-2-1-5(13)3-6(7)12/h1-4H,13H2,(H2,14,15,16). The lowest BCUT2D eigenvalue weighted by molar-refractivity contribution is 0.427. The predicted molar refractivity (Wildman–Crippen MR) is 62.3 cm³/mol. The Morgan fingerprint density at radius 2 is 2.00 bits per heavy atom. The second-order valence-corrected chi connectivity index (χ2v) is 3.55. The third-order valence-electron chi connectivity index (χ3n) is 1.95. The van der Waals surface area contributed by atoms with Crippen molar-refractivity contribution in [2.75, 3.05) is 11.5 Å². The molecule has 4 N–H and O–H groups in total. The van der Waals surface area contributed by atoms with Crippen LogP contribution >= 0.6 is 11.6 Å². The van der Waals surface area contributed by atoms with Crippen LogP contribution in [0.5, 0.6) is 11.6 Å². The predicted octanol–water partition coefficient (Wildman–Crippen LogP) is 2.23. The summed E-state index contributed by atoms with van der Waals surface area (Å²) in [6, 6.07) is 4.00. The minimum absolute atomic E-state index is 0.0113. The summed E-state index contributed by atoms with van der Waals surface area (Å²) >= 11 is 5.80. The van der Waals surface area contributed by atoms with Gasteiger partial charge in [0.15, 0.2) is 11.6 Å². The van der Waals surface area contributed by atoms with Gasteiger partial charge in [0.25, 0.3) is 0 Å². The number of aromatic nitrogens is 2. The summed E-state index contributed by atoms with van der Waals surface area (Å²) in [4.78, 5) is 7.41. The second kappa shape index (κ2) is 4.42. The van der Waals surface area contributed by atoms with Crippen molar-refractivity contribution >= 4 is 23.1 Å². The number of anilines is 2. The third kappa shape index (κ3) is 2.36. The molecule has 2 aromatic rings. The molecule has 0 bridgehead atoms. The van der Waals surface area contributed by atoms with Crippen LogP contribution < -0.4 is 16.2 Å². The lowest BCUT2D eigenvalue weighted by atomic mass is 10.3. The van der Waals surface area contributed by atoms with Crippen LogP contribution in [0.2, 0.25) is 5.02 Å². The maximum atomic E-state index is 13.4. The highest BCUT2D eigenvalue weighted by atomic mass is 35.5. The molecule has 0 fully saturated rings. The average Bonchev–Trinajstić information content (AvgIpc) is 2.28. The van der Waals surface area contributed by atoms with Gasteiger partial charge in [0, 0.05) is 11.8 Å². The molecule has 0 radical (unpaired) electrons. The van der Waals surface area contributed by atoms with Crippen LogP contribution in [0.4, 0.5) is 15.9 Å². The first-order chi connectivity index (χ1) is 8.08. The van der Waals surface area contributed by atoms with Crippen molar-refractivity contribution in [3.05, 3.63) is 35.4 Å². The lowest BCUT2D eigenvalue weighted by Gasteiger charge is -2.08. The van der Waals surface area contributed by atoms with E-state index in [2.05, 4.69) is 9.97 Å². The van der Waals surface area contributed by atoms with Crippen molar-refractivity contribution in [2.24, 2.45) is 0 Å². The summed E-state index contributed by atoms with van der Waals surface area (Å²) in [5.41, 5.74) is 11.2. The maximum Gasteiger partial charge on any atom is 0.243 e. The molecule has 5 nitrogen and oxygen atoms in total. The second-order valence-electron chi connectivity index (χ2n) is 3.17. The van der Waals surface area contributed by atoms with Gasteiger partial charge in [-0.1, -0.05) is 11.6 Å². The van der Waals surface area contributed by atoms with Gasteiger partial charge in [-0.15, -0.1) is 0 Å². The van der Waals surface area contributed by atoms with Gasteiger partial charge in [0.05, 0.1) is 0 Å². The minimum atomic E-state index is -0.613. The molecular formula is C10H8ClFN4O. The Morgan fingerprint density at radius 1 is 1.24 bits per heavy atom. The van der Waals surface area contributed by atoms with Crippen molar-refractivity contribution in [3.63, 3.8) is 0 Å². The van der Waals surface area contributed by atoms with Gasteiger partial charge >= 0.3 is 0 Å². The summed E-state index contributed by atoms with van der Waals surface area (Å²) < 4.78 is 18.6. The van der Waals surface area contributed by atoms with E-state index in [1.54, 1.807) is 0 Å². The quantitative estimate of drug-likeness (QED) is 0.803. The molecule has 7 heteroatoms. The van der Waals surface area contributed by atoms with Crippen LogP contribution in [0.3, 0.4) is 0 Å². The zero-order valence-corrected chi connectivity index (χ0v) is 9.28. The number of benzene rings is 1. The normalized spacial score (nSPS) is 10.2. The number of halogens is 2. The monoisotopic (exact) mass is 254 g/mol. The first-order valence-electron chi connectivity index (χ1n) is 4.57. The van der Waals surface area contributed by atoms with Crippen LogP contribution in [0.25, 0.3) is 0 Å². The van der Waals surface area contributed by atoms with E-state index in [1.165, 1.54) is 18.5 Å². The van der Waals surface area contributed by atoms with E-state index < -0.39 is 5.82 Å². The summed E-state index contributed by atoms with van der Waals surface area (Å²) in [5, 5.41) is 0.0312. The van der Waals surface area contributed by atoms with Gasteiger partial charge in [0.1, 0.15) is 17.2 Å². The Kier molecular flexibility index (Phi) is 2.97. The van der Waals surface area contributed by atoms with E-state index in [0.717, 1.165) is 6.07 Å². The van der Waals surface area contributed by atoms with E-state index in [0.29, 0.717) is 5.69 Å². The number of nitrogens with two attached hydrogens (primary N) is 2. The van der Waals surface area contributed by atoms with Gasteiger partial charge in [0.2, 0.25) is 5.88 Å². The van der Waals surface area contributed by atoms with E-state index in [-0.39, 0.29) is 22.5 Å². The Bertz CT molecular complexity index is 564.